The van der Waals surface area contributed by atoms with Crippen LogP contribution in [-0.4, -0.2) is 52.4 Å². The van der Waals surface area contributed by atoms with Crippen LogP contribution in [0.5, 0.6) is 0 Å². The molecule has 6 rings (SSSR count). The van der Waals surface area contributed by atoms with Gasteiger partial charge in [-0.1, -0.05) is 19.1 Å². The average molecular weight is 645 g/mol. The minimum atomic E-state index is -5.69. The molecule has 3 heterocycles. The van der Waals surface area contributed by atoms with Gasteiger partial charge in [-0.25, -0.2) is 36.2 Å². The van der Waals surface area contributed by atoms with Gasteiger partial charge in [-0.05, 0) is 60.9 Å². The van der Waals surface area contributed by atoms with Crippen LogP contribution in [0.4, 0.5) is 13.2 Å². The quantitative estimate of drug-likeness (QED) is 0.253. The number of rotatable bonds is 7. The predicted molar refractivity (Wildman–Crippen MR) is 147 cm³/mol. The van der Waals surface area contributed by atoms with E-state index in [4.69, 9.17) is 4.42 Å². The van der Waals surface area contributed by atoms with E-state index in [1.807, 2.05) is 0 Å². The van der Waals surface area contributed by atoms with E-state index in [9.17, 15) is 40.1 Å². The van der Waals surface area contributed by atoms with Crippen molar-refractivity contribution in [2.75, 3.05) is 5.75 Å². The first-order valence-electron chi connectivity index (χ1n) is 12.9. The van der Waals surface area contributed by atoms with Gasteiger partial charge in [0.05, 0.1) is 32.7 Å². The van der Waals surface area contributed by atoms with Crippen LogP contribution >= 0.6 is 0 Å². The third-order valence-electron chi connectivity index (χ3n) is 7.28. The Morgan fingerprint density at radius 1 is 1.02 bits per heavy atom. The number of nitriles is 1. The molecule has 1 fully saturated rings. The fourth-order valence-electron chi connectivity index (χ4n) is 4.59. The number of oxazole rings is 1. The molecule has 44 heavy (non-hydrogen) atoms. The van der Waals surface area contributed by atoms with Crippen LogP contribution < -0.4 is 5.69 Å². The number of aromatic nitrogens is 5. The van der Waals surface area contributed by atoms with Crippen molar-refractivity contribution in [2.45, 2.75) is 40.5 Å². The van der Waals surface area contributed by atoms with Crippen molar-refractivity contribution in [1.29, 1.82) is 5.26 Å². The number of benzene rings is 2. The molecule has 2 aromatic carbocycles. The zero-order valence-corrected chi connectivity index (χ0v) is 24.1. The molecule has 0 N–H and O–H groups in total. The number of sulfone groups is 2. The smallest absolute Gasteiger partial charge is 0.435 e. The monoisotopic (exact) mass is 644 g/mol. The first kappa shape index (κ1) is 29.3. The van der Waals surface area contributed by atoms with Crippen molar-refractivity contribution >= 4 is 30.8 Å². The van der Waals surface area contributed by atoms with Gasteiger partial charge in [0.2, 0.25) is 5.89 Å². The Labute approximate surface area is 246 Å². The molecule has 0 radical (unpaired) electrons. The van der Waals surface area contributed by atoms with Crippen LogP contribution in [0.2, 0.25) is 0 Å². The summed E-state index contributed by atoms with van der Waals surface area (Å²) in [6.45, 7) is 1.38. The fourth-order valence-corrected chi connectivity index (χ4v) is 6.39. The van der Waals surface area contributed by atoms with Gasteiger partial charge < -0.3 is 4.42 Å². The number of fused-ring (bicyclic) bond motifs is 1. The van der Waals surface area contributed by atoms with Crippen LogP contribution in [0.15, 0.2) is 79.9 Å². The van der Waals surface area contributed by atoms with Gasteiger partial charge in [0.15, 0.2) is 21.2 Å². The van der Waals surface area contributed by atoms with E-state index in [2.05, 4.69) is 21.1 Å². The lowest BCUT2D eigenvalue weighted by atomic mass is 9.98. The number of hydrogen-bond acceptors (Lipinski definition) is 10. The summed E-state index contributed by atoms with van der Waals surface area (Å²) in [4.78, 5) is 20.2. The summed E-state index contributed by atoms with van der Waals surface area (Å²) in [6.07, 6.45) is 2.74. The molecular formula is C27H19F3N6O6S2. The average Bonchev–Trinajstić information content (AvgIpc) is 3.53. The molecule has 226 valence electrons. The molecule has 0 bridgehead atoms. The Balaban J connectivity index is 1.44. The SMILES string of the molecule is CCS(=O)(=O)c1ccc(-n2ncn(-c3ccc(C4(C#N)CC4)cc3)c2=O)nc1-c1nc2cc(S(=O)(=O)C(F)(F)F)ccc2o1. The highest BCUT2D eigenvalue weighted by Crippen LogP contribution is 2.47. The van der Waals surface area contributed by atoms with E-state index in [1.165, 1.54) is 30.0 Å². The number of pyridine rings is 1. The molecule has 0 unspecified atom stereocenters. The zero-order chi connectivity index (χ0) is 31.7. The molecule has 1 aliphatic rings. The first-order valence-corrected chi connectivity index (χ1v) is 16.0. The van der Waals surface area contributed by atoms with E-state index in [0.717, 1.165) is 29.2 Å². The Kier molecular flexibility index (Phi) is 6.55. The minimum Gasteiger partial charge on any atom is -0.435 e. The van der Waals surface area contributed by atoms with Crippen molar-refractivity contribution in [1.82, 2.24) is 24.3 Å². The van der Waals surface area contributed by atoms with Crippen LogP contribution in [-0.2, 0) is 25.1 Å². The van der Waals surface area contributed by atoms with Crippen molar-refractivity contribution in [3.05, 3.63) is 77.0 Å². The summed E-state index contributed by atoms with van der Waals surface area (Å²) in [5, 5.41) is 13.5. The first-order chi connectivity index (χ1) is 20.7. The second-order valence-electron chi connectivity index (χ2n) is 9.95. The molecule has 0 saturated heterocycles. The van der Waals surface area contributed by atoms with Crippen LogP contribution in [0, 0.1) is 11.3 Å². The second-order valence-corrected chi connectivity index (χ2v) is 14.1. The maximum atomic E-state index is 13.3. The Morgan fingerprint density at radius 3 is 2.34 bits per heavy atom. The van der Waals surface area contributed by atoms with Gasteiger partial charge in [-0.15, -0.1) is 0 Å². The number of halogens is 3. The van der Waals surface area contributed by atoms with Crippen LogP contribution in [0.3, 0.4) is 0 Å². The standard InChI is InChI=1S/C27H19F3N6O6S2/c1-2-43(38,39)21-9-10-22(36-25(37)35(15-32-36)17-5-3-16(4-6-17)26(14-31)11-12-26)34-23(21)24-33-19-13-18(7-8-20(19)42-24)44(40,41)27(28,29)30/h3-10,13,15H,2,11-12H2,1H3. The van der Waals surface area contributed by atoms with Crippen molar-refractivity contribution < 1.29 is 34.4 Å². The molecule has 0 aliphatic heterocycles. The van der Waals surface area contributed by atoms with E-state index < -0.39 is 47.1 Å². The van der Waals surface area contributed by atoms with Crippen LogP contribution in [0.25, 0.3) is 34.2 Å². The molecule has 5 aromatic rings. The molecule has 0 spiro atoms. The van der Waals surface area contributed by atoms with Gasteiger partial charge >= 0.3 is 11.2 Å². The Bertz CT molecular complexity index is 2280. The third kappa shape index (κ3) is 4.66. The highest BCUT2D eigenvalue weighted by atomic mass is 32.2. The summed E-state index contributed by atoms with van der Waals surface area (Å²) >= 11 is 0. The topological polar surface area (TPSA) is 171 Å². The molecule has 3 aromatic heterocycles. The molecule has 17 heteroatoms. The third-order valence-corrected chi connectivity index (χ3v) is 10.5. The van der Waals surface area contributed by atoms with Gasteiger partial charge in [0.1, 0.15) is 17.5 Å². The highest BCUT2D eigenvalue weighted by molar-refractivity contribution is 7.92. The normalized spacial score (nSPS) is 14.9. The van der Waals surface area contributed by atoms with Gasteiger partial charge in [-0.2, -0.15) is 28.2 Å². The lowest BCUT2D eigenvalue weighted by molar-refractivity contribution is -0.0436. The Morgan fingerprint density at radius 2 is 1.73 bits per heavy atom. The van der Waals surface area contributed by atoms with E-state index in [-0.39, 0.29) is 33.3 Å². The molecule has 0 amide bonds. The van der Waals surface area contributed by atoms with Crippen molar-refractivity contribution in [3.8, 4) is 29.2 Å². The maximum Gasteiger partial charge on any atom is 0.501 e. The highest BCUT2D eigenvalue weighted by Gasteiger charge is 2.47. The van der Waals surface area contributed by atoms with E-state index in [0.29, 0.717) is 17.8 Å². The summed E-state index contributed by atoms with van der Waals surface area (Å²) in [6, 6.07) is 13.9. The second kappa shape index (κ2) is 9.86. The lowest BCUT2D eigenvalue weighted by Crippen LogP contribution is -2.23. The number of alkyl halides is 3. The molecule has 12 nitrogen and oxygen atoms in total. The van der Waals surface area contributed by atoms with Gasteiger partial charge in [0.25, 0.3) is 9.84 Å². The van der Waals surface area contributed by atoms with Crippen molar-refractivity contribution in [2.24, 2.45) is 0 Å². The summed E-state index contributed by atoms with van der Waals surface area (Å²) < 4.78 is 96.6. The number of hydrogen-bond donors (Lipinski definition) is 0. The molecule has 1 aliphatic carbocycles. The van der Waals surface area contributed by atoms with E-state index in [1.54, 1.807) is 24.3 Å². The summed E-state index contributed by atoms with van der Waals surface area (Å²) in [5.41, 5.74) is -6.24. The van der Waals surface area contributed by atoms with E-state index >= 15 is 0 Å². The van der Waals surface area contributed by atoms with Gasteiger partial charge in [0, 0.05) is 0 Å². The molecule has 0 atom stereocenters. The fraction of sp³-hybridized carbons (Fsp3) is 0.222. The minimum absolute atomic E-state index is 0.126. The lowest BCUT2D eigenvalue weighted by Gasteiger charge is -2.08. The predicted octanol–water partition coefficient (Wildman–Crippen LogP) is 3.87. The Hall–Kier alpha value is -4.82. The number of nitrogens with zero attached hydrogens (tertiary/aromatic N) is 6. The largest absolute Gasteiger partial charge is 0.501 e. The molecular weight excluding hydrogens is 625 g/mol. The van der Waals surface area contributed by atoms with Crippen LogP contribution in [0.1, 0.15) is 25.3 Å². The molecule has 1 saturated carbocycles. The zero-order valence-electron chi connectivity index (χ0n) is 22.5. The van der Waals surface area contributed by atoms with Gasteiger partial charge in [-0.3, -0.25) is 0 Å². The van der Waals surface area contributed by atoms with Crippen molar-refractivity contribution in [3.63, 3.8) is 0 Å². The summed E-state index contributed by atoms with van der Waals surface area (Å²) in [7, 11) is -9.66. The maximum absolute atomic E-state index is 13.3. The summed E-state index contributed by atoms with van der Waals surface area (Å²) in [5.74, 6) is -0.920.